The van der Waals surface area contributed by atoms with Crippen LogP contribution in [-0.4, -0.2) is 24.1 Å². The van der Waals surface area contributed by atoms with E-state index in [1.54, 1.807) is 0 Å². The van der Waals surface area contributed by atoms with Gasteiger partial charge in [-0.3, -0.25) is 9.13 Å². The SMILES string of the molecule is c1ccc(-c2cc(-c3ccccc3-n3c4ccccc4c4cccnc43)nc(-n3c4ccccc4c4ccccc43)n2)cc1. The van der Waals surface area contributed by atoms with Gasteiger partial charge in [-0.05, 0) is 42.5 Å². The largest absolute Gasteiger partial charge is 0.293 e. The fourth-order valence-corrected chi connectivity index (χ4v) is 6.49. The quantitative estimate of drug-likeness (QED) is 0.214. The standard InChI is InChI=1S/C39H25N5/c1-2-13-26(14-3-1)32-25-33(42-39(41-32)44-35-21-9-4-15-27(35)28-16-5-10-22-36(28)44)31-18-7-11-23-37(31)43-34-20-8-6-17-29(34)30-19-12-24-40-38(30)43/h1-25H. The van der Waals surface area contributed by atoms with Crippen LogP contribution < -0.4 is 0 Å². The molecule has 0 radical (unpaired) electrons. The summed E-state index contributed by atoms with van der Waals surface area (Å²) in [5.41, 5.74) is 8.93. The lowest BCUT2D eigenvalue weighted by atomic mass is 10.1. The third kappa shape index (κ3) is 3.69. The van der Waals surface area contributed by atoms with Gasteiger partial charge in [0, 0.05) is 38.9 Å². The normalized spacial score (nSPS) is 11.6. The number of rotatable bonds is 4. The Labute approximate surface area is 253 Å². The summed E-state index contributed by atoms with van der Waals surface area (Å²) in [5, 5.41) is 4.64. The number of nitrogens with zero attached hydrogens (tertiary/aromatic N) is 5. The molecule has 0 aliphatic carbocycles. The van der Waals surface area contributed by atoms with E-state index in [2.05, 4.69) is 143 Å². The van der Waals surface area contributed by atoms with E-state index in [0.717, 1.165) is 55.8 Å². The van der Waals surface area contributed by atoms with Gasteiger partial charge >= 0.3 is 0 Å². The first kappa shape index (κ1) is 24.5. The summed E-state index contributed by atoms with van der Waals surface area (Å²) in [6, 6.07) is 50.5. The van der Waals surface area contributed by atoms with Crippen LogP contribution in [0.25, 0.3) is 77.9 Å². The molecule has 0 spiro atoms. The summed E-state index contributed by atoms with van der Waals surface area (Å²) in [4.78, 5) is 15.4. The van der Waals surface area contributed by atoms with E-state index in [1.807, 2.05) is 18.3 Å². The molecule has 0 fully saturated rings. The molecule has 0 amide bonds. The molecular weight excluding hydrogens is 538 g/mol. The average Bonchev–Trinajstić information content (AvgIpc) is 3.62. The van der Waals surface area contributed by atoms with Gasteiger partial charge in [0.05, 0.1) is 33.6 Å². The minimum Gasteiger partial charge on any atom is -0.293 e. The van der Waals surface area contributed by atoms with Crippen molar-refractivity contribution < 1.29 is 0 Å². The van der Waals surface area contributed by atoms with Crippen LogP contribution >= 0.6 is 0 Å². The molecule has 5 heteroatoms. The minimum absolute atomic E-state index is 0.633. The molecule has 0 aliphatic heterocycles. The zero-order valence-corrected chi connectivity index (χ0v) is 23.7. The van der Waals surface area contributed by atoms with E-state index in [1.165, 1.54) is 16.2 Å². The van der Waals surface area contributed by atoms with Crippen molar-refractivity contribution in [2.24, 2.45) is 0 Å². The van der Waals surface area contributed by atoms with Gasteiger partial charge in [0.25, 0.3) is 0 Å². The van der Waals surface area contributed by atoms with Gasteiger partial charge in [-0.1, -0.05) is 103 Å². The molecule has 0 atom stereocenters. The number of para-hydroxylation sites is 4. The second-order valence-corrected chi connectivity index (χ2v) is 10.9. The van der Waals surface area contributed by atoms with E-state index in [9.17, 15) is 0 Å². The van der Waals surface area contributed by atoms with Crippen molar-refractivity contribution >= 4 is 43.7 Å². The smallest absolute Gasteiger partial charge is 0.235 e. The molecule has 5 aromatic carbocycles. The van der Waals surface area contributed by atoms with E-state index in [0.29, 0.717) is 5.95 Å². The van der Waals surface area contributed by atoms with Crippen molar-refractivity contribution in [1.29, 1.82) is 0 Å². The van der Waals surface area contributed by atoms with Gasteiger partial charge in [0.2, 0.25) is 5.95 Å². The monoisotopic (exact) mass is 563 g/mol. The van der Waals surface area contributed by atoms with Crippen LogP contribution in [0, 0.1) is 0 Å². The molecule has 9 rings (SSSR count). The highest BCUT2D eigenvalue weighted by Crippen LogP contribution is 2.37. The Balaban J connectivity index is 1.36. The van der Waals surface area contributed by atoms with Crippen LogP contribution in [0.5, 0.6) is 0 Å². The third-order valence-electron chi connectivity index (χ3n) is 8.42. The number of aromatic nitrogens is 5. The first-order chi connectivity index (χ1) is 21.8. The summed E-state index contributed by atoms with van der Waals surface area (Å²) in [6.45, 7) is 0. The molecule has 4 heterocycles. The summed E-state index contributed by atoms with van der Waals surface area (Å²) in [7, 11) is 0. The molecule has 5 nitrogen and oxygen atoms in total. The van der Waals surface area contributed by atoms with Crippen molar-refractivity contribution in [2.75, 3.05) is 0 Å². The number of hydrogen-bond donors (Lipinski definition) is 0. The Bertz CT molecular complexity index is 2400. The highest BCUT2D eigenvalue weighted by Gasteiger charge is 2.20. The summed E-state index contributed by atoms with van der Waals surface area (Å²) in [5.74, 6) is 0.633. The highest BCUT2D eigenvalue weighted by molar-refractivity contribution is 6.09. The van der Waals surface area contributed by atoms with E-state index in [-0.39, 0.29) is 0 Å². The van der Waals surface area contributed by atoms with Crippen LogP contribution in [0.2, 0.25) is 0 Å². The second kappa shape index (κ2) is 9.75. The molecule has 0 saturated heterocycles. The van der Waals surface area contributed by atoms with Crippen LogP contribution in [0.4, 0.5) is 0 Å². The maximum absolute atomic E-state index is 5.32. The number of fused-ring (bicyclic) bond motifs is 6. The van der Waals surface area contributed by atoms with E-state index >= 15 is 0 Å². The predicted molar refractivity (Wildman–Crippen MR) is 179 cm³/mol. The van der Waals surface area contributed by atoms with Crippen LogP contribution in [0.1, 0.15) is 0 Å². The molecule has 0 bridgehead atoms. The Morgan fingerprint density at radius 3 is 1.70 bits per heavy atom. The Morgan fingerprint density at radius 2 is 0.977 bits per heavy atom. The first-order valence-electron chi connectivity index (χ1n) is 14.7. The number of pyridine rings is 1. The van der Waals surface area contributed by atoms with Gasteiger partial charge in [0.1, 0.15) is 5.65 Å². The lowest BCUT2D eigenvalue weighted by Gasteiger charge is -2.15. The summed E-state index contributed by atoms with van der Waals surface area (Å²) < 4.78 is 4.44. The zero-order chi connectivity index (χ0) is 29.0. The predicted octanol–water partition coefficient (Wildman–Crippen LogP) is 9.40. The topological polar surface area (TPSA) is 48.5 Å². The Kier molecular flexibility index (Phi) is 5.43. The van der Waals surface area contributed by atoms with E-state index in [4.69, 9.17) is 15.0 Å². The third-order valence-corrected chi connectivity index (χ3v) is 8.42. The Morgan fingerprint density at radius 1 is 0.432 bits per heavy atom. The van der Waals surface area contributed by atoms with Crippen LogP contribution in [0.3, 0.4) is 0 Å². The maximum atomic E-state index is 5.32. The lowest BCUT2D eigenvalue weighted by molar-refractivity contribution is 0.994. The van der Waals surface area contributed by atoms with Gasteiger partial charge in [-0.15, -0.1) is 0 Å². The van der Waals surface area contributed by atoms with Crippen molar-refractivity contribution in [3.8, 4) is 34.2 Å². The van der Waals surface area contributed by atoms with Crippen molar-refractivity contribution in [2.45, 2.75) is 0 Å². The molecule has 0 unspecified atom stereocenters. The van der Waals surface area contributed by atoms with Crippen molar-refractivity contribution in [3.63, 3.8) is 0 Å². The zero-order valence-electron chi connectivity index (χ0n) is 23.7. The fourth-order valence-electron chi connectivity index (χ4n) is 6.49. The summed E-state index contributed by atoms with van der Waals surface area (Å²) >= 11 is 0. The fraction of sp³-hybridized carbons (Fsp3) is 0. The average molecular weight is 564 g/mol. The van der Waals surface area contributed by atoms with Crippen LogP contribution in [0.15, 0.2) is 152 Å². The van der Waals surface area contributed by atoms with Gasteiger partial charge in [-0.2, -0.15) is 0 Å². The van der Waals surface area contributed by atoms with Gasteiger partial charge in [0.15, 0.2) is 0 Å². The maximum Gasteiger partial charge on any atom is 0.235 e. The molecule has 44 heavy (non-hydrogen) atoms. The molecular formula is C39H25N5. The van der Waals surface area contributed by atoms with E-state index < -0.39 is 0 Å². The Hall–Kier alpha value is -6.07. The molecule has 0 N–H and O–H groups in total. The van der Waals surface area contributed by atoms with Gasteiger partial charge < -0.3 is 0 Å². The highest BCUT2D eigenvalue weighted by atomic mass is 15.2. The van der Waals surface area contributed by atoms with Crippen LogP contribution in [-0.2, 0) is 0 Å². The number of benzene rings is 5. The lowest BCUT2D eigenvalue weighted by Crippen LogP contribution is -2.05. The molecule has 0 aliphatic rings. The molecule has 4 aromatic heterocycles. The van der Waals surface area contributed by atoms with Crippen molar-refractivity contribution in [3.05, 3.63) is 152 Å². The first-order valence-corrected chi connectivity index (χ1v) is 14.7. The van der Waals surface area contributed by atoms with Crippen molar-refractivity contribution in [1.82, 2.24) is 24.1 Å². The second-order valence-electron chi connectivity index (χ2n) is 10.9. The van der Waals surface area contributed by atoms with Gasteiger partial charge in [-0.25, -0.2) is 15.0 Å². The number of hydrogen-bond acceptors (Lipinski definition) is 3. The molecule has 9 aromatic rings. The minimum atomic E-state index is 0.633. The summed E-state index contributed by atoms with van der Waals surface area (Å²) in [6.07, 6.45) is 1.86. The molecule has 0 saturated carbocycles. The molecule has 206 valence electrons.